The molecule has 2 rings (SSSR count). The number of piperidine rings is 1. The van der Waals surface area contributed by atoms with Crippen LogP contribution in [-0.2, 0) is 4.79 Å². The molecule has 5 nitrogen and oxygen atoms in total. The Hall–Kier alpha value is -2.04. The first-order chi connectivity index (χ1) is 10.5. The van der Waals surface area contributed by atoms with E-state index in [1.165, 1.54) is 5.56 Å². The van der Waals surface area contributed by atoms with Crippen molar-refractivity contribution in [2.24, 2.45) is 5.92 Å². The second-order valence-corrected chi connectivity index (χ2v) is 6.22. The second kappa shape index (κ2) is 7.29. The van der Waals surface area contributed by atoms with Crippen molar-refractivity contribution in [2.45, 2.75) is 39.7 Å². The molecule has 0 aromatic heterocycles. The van der Waals surface area contributed by atoms with Crippen LogP contribution in [0.1, 0.15) is 32.3 Å². The Morgan fingerprint density at radius 3 is 2.27 bits per heavy atom. The first-order valence-corrected chi connectivity index (χ1v) is 7.88. The number of carbonyl (C=O) groups excluding carboxylic acids is 2. The van der Waals surface area contributed by atoms with Crippen LogP contribution in [0.5, 0.6) is 0 Å². The van der Waals surface area contributed by atoms with Gasteiger partial charge in [-0.25, -0.2) is 4.79 Å². The lowest BCUT2D eigenvalue weighted by Gasteiger charge is -2.32. The highest BCUT2D eigenvalue weighted by Crippen LogP contribution is 2.20. The molecule has 22 heavy (non-hydrogen) atoms. The lowest BCUT2D eigenvalue weighted by Crippen LogP contribution is -2.47. The fourth-order valence-electron chi connectivity index (χ4n) is 2.56. The van der Waals surface area contributed by atoms with Crippen LogP contribution in [-0.4, -0.2) is 36.0 Å². The minimum Gasteiger partial charge on any atom is -0.336 e. The second-order valence-electron chi connectivity index (χ2n) is 6.22. The zero-order valence-electron chi connectivity index (χ0n) is 13.6. The third kappa shape index (κ3) is 4.48. The van der Waals surface area contributed by atoms with Gasteiger partial charge in [0.2, 0.25) is 5.91 Å². The molecule has 0 bridgehead atoms. The molecular weight excluding hydrogens is 278 g/mol. The van der Waals surface area contributed by atoms with Crippen LogP contribution in [0.4, 0.5) is 10.5 Å². The van der Waals surface area contributed by atoms with Gasteiger partial charge in [-0.15, -0.1) is 0 Å². The standard InChI is InChI=1S/C17H25N3O2/c1-12(2)18-17(22)20-10-8-14(9-11-20)16(21)19-15-6-4-13(3)5-7-15/h4-7,12,14H,8-11H2,1-3H3,(H,18,22)(H,19,21). The lowest BCUT2D eigenvalue weighted by atomic mass is 9.96. The maximum Gasteiger partial charge on any atom is 0.317 e. The molecule has 120 valence electrons. The van der Waals surface area contributed by atoms with Gasteiger partial charge in [0.1, 0.15) is 0 Å². The van der Waals surface area contributed by atoms with E-state index in [1.807, 2.05) is 45.0 Å². The average molecular weight is 303 g/mol. The van der Waals surface area contributed by atoms with Crippen molar-refractivity contribution >= 4 is 17.6 Å². The number of urea groups is 1. The fraction of sp³-hybridized carbons (Fsp3) is 0.529. The zero-order chi connectivity index (χ0) is 16.1. The number of aryl methyl sites for hydroxylation is 1. The van der Waals surface area contributed by atoms with Gasteiger partial charge in [0.15, 0.2) is 0 Å². The van der Waals surface area contributed by atoms with Crippen molar-refractivity contribution in [3.05, 3.63) is 29.8 Å². The smallest absolute Gasteiger partial charge is 0.317 e. The molecule has 0 aliphatic carbocycles. The number of anilines is 1. The Kier molecular flexibility index (Phi) is 5.41. The summed E-state index contributed by atoms with van der Waals surface area (Å²) in [5.74, 6) is 0.0252. The molecule has 1 saturated heterocycles. The molecule has 3 amide bonds. The molecule has 0 spiro atoms. The van der Waals surface area contributed by atoms with E-state index in [0.29, 0.717) is 25.9 Å². The molecule has 0 atom stereocenters. The average Bonchev–Trinajstić information content (AvgIpc) is 2.49. The van der Waals surface area contributed by atoms with E-state index in [4.69, 9.17) is 0 Å². The van der Waals surface area contributed by atoms with Crippen molar-refractivity contribution in [2.75, 3.05) is 18.4 Å². The summed E-state index contributed by atoms with van der Waals surface area (Å²) in [6.07, 6.45) is 1.42. The maximum absolute atomic E-state index is 12.3. The number of hydrogen-bond donors (Lipinski definition) is 2. The summed E-state index contributed by atoms with van der Waals surface area (Å²) in [5, 5.41) is 5.85. The van der Waals surface area contributed by atoms with Crippen LogP contribution in [0, 0.1) is 12.8 Å². The Balaban J connectivity index is 1.82. The predicted octanol–water partition coefficient (Wildman–Crippen LogP) is 2.76. The highest BCUT2D eigenvalue weighted by atomic mass is 16.2. The Morgan fingerprint density at radius 2 is 1.73 bits per heavy atom. The summed E-state index contributed by atoms with van der Waals surface area (Å²) in [5.41, 5.74) is 2.00. The van der Waals surface area contributed by atoms with E-state index >= 15 is 0 Å². The maximum atomic E-state index is 12.3. The van der Waals surface area contributed by atoms with Crippen molar-refractivity contribution in [1.29, 1.82) is 0 Å². The summed E-state index contributed by atoms with van der Waals surface area (Å²) in [7, 11) is 0. The molecule has 1 aromatic carbocycles. The molecule has 1 aliphatic rings. The Labute approximate surface area is 132 Å². The minimum absolute atomic E-state index is 0.0237. The molecular formula is C17H25N3O2. The number of nitrogens with one attached hydrogen (secondary N) is 2. The summed E-state index contributed by atoms with van der Waals surface area (Å²) in [6.45, 7) is 7.16. The third-order valence-corrected chi connectivity index (χ3v) is 3.88. The van der Waals surface area contributed by atoms with E-state index < -0.39 is 0 Å². The van der Waals surface area contributed by atoms with Crippen LogP contribution in [0.3, 0.4) is 0 Å². The monoisotopic (exact) mass is 303 g/mol. The highest BCUT2D eigenvalue weighted by molar-refractivity contribution is 5.92. The number of hydrogen-bond acceptors (Lipinski definition) is 2. The number of amides is 3. The number of carbonyl (C=O) groups is 2. The molecule has 5 heteroatoms. The molecule has 1 aliphatic heterocycles. The summed E-state index contributed by atoms with van der Waals surface area (Å²) < 4.78 is 0. The third-order valence-electron chi connectivity index (χ3n) is 3.88. The quantitative estimate of drug-likeness (QED) is 0.902. The van der Waals surface area contributed by atoms with E-state index in [9.17, 15) is 9.59 Å². The number of nitrogens with zero attached hydrogens (tertiary/aromatic N) is 1. The first kappa shape index (κ1) is 16.3. The SMILES string of the molecule is Cc1ccc(NC(=O)C2CCN(C(=O)NC(C)C)CC2)cc1. The molecule has 0 unspecified atom stereocenters. The van der Waals surface area contributed by atoms with Gasteiger partial charge in [-0.05, 0) is 45.7 Å². The lowest BCUT2D eigenvalue weighted by molar-refractivity contribution is -0.121. The van der Waals surface area contributed by atoms with Crippen LogP contribution in [0.2, 0.25) is 0 Å². The van der Waals surface area contributed by atoms with E-state index in [2.05, 4.69) is 10.6 Å². The number of benzene rings is 1. The number of rotatable bonds is 3. The van der Waals surface area contributed by atoms with Gasteiger partial charge in [0.05, 0.1) is 0 Å². The summed E-state index contributed by atoms with van der Waals surface area (Å²) in [4.78, 5) is 26.0. The van der Waals surface area contributed by atoms with Gasteiger partial charge in [-0.3, -0.25) is 4.79 Å². The van der Waals surface area contributed by atoms with E-state index in [0.717, 1.165) is 5.69 Å². The zero-order valence-corrected chi connectivity index (χ0v) is 13.6. The Morgan fingerprint density at radius 1 is 1.14 bits per heavy atom. The number of likely N-dealkylation sites (tertiary alicyclic amines) is 1. The fourth-order valence-corrected chi connectivity index (χ4v) is 2.56. The largest absolute Gasteiger partial charge is 0.336 e. The topological polar surface area (TPSA) is 61.4 Å². The van der Waals surface area contributed by atoms with Crippen molar-refractivity contribution in [1.82, 2.24) is 10.2 Å². The van der Waals surface area contributed by atoms with Crippen molar-refractivity contribution in [3.63, 3.8) is 0 Å². The molecule has 0 radical (unpaired) electrons. The van der Waals surface area contributed by atoms with Crippen LogP contribution in [0.15, 0.2) is 24.3 Å². The van der Waals surface area contributed by atoms with Crippen molar-refractivity contribution in [3.8, 4) is 0 Å². The van der Waals surface area contributed by atoms with Crippen molar-refractivity contribution < 1.29 is 9.59 Å². The highest BCUT2D eigenvalue weighted by Gasteiger charge is 2.27. The normalized spacial score (nSPS) is 15.7. The molecule has 1 aromatic rings. The van der Waals surface area contributed by atoms with E-state index in [1.54, 1.807) is 4.90 Å². The van der Waals surface area contributed by atoms with Gasteiger partial charge in [0.25, 0.3) is 0 Å². The summed E-state index contributed by atoms with van der Waals surface area (Å²) >= 11 is 0. The van der Waals surface area contributed by atoms with Crippen LogP contribution in [0.25, 0.3) is 0 Å². The van der Waals surface area contributed by atoms with Gasteiger partial charge >= 0.3 is 6.03 Å². The molecule has 1 heterocycles. The van der Waals surface area contributed by atoms with Gasteiger partial charge < -0.3 is 15.5 Å². The van der Waals surface area contributed by atoms with Crippen LogP contribution >= 0.6 is 0 Å². The van der Waals surface area contributed by atoms with E-state index in [-0.39, 0.29) is 23.9 Å². The first-order valence-electron chi connectivity index (χ1n) is 7.88. The minimum atomic E-state index is -0.0348. The van der Waals surface area contributed by atoms with Gasteiger partial charge in [-0.2, -0.15) is 0 Å². The van der Waals surface area contributed by atoms with Crippen LogP contribution < -0.4 is 10.6 Å². The van der Waals surface area contributed by atoms with Gasteiger partial charge in [-0.1, -0.05) is 17.7 Å². The van der Waals surface area contributed by atoms with Gasteiger partial charge in [0, 0.05) is 30.7 Å². The predicted molar refractivity (Wildman–Crippen MR) is 87.8 cm³/mol. The Bertz CT molecular complexity index is 517. The summed E-state index contributed by atoms with van der Waals surface area (Å²) in [6, 6.07) is 7.89. The molecule has 0 saturated carbocycles. The molecule has 1 fully saturated rings. The molecule has 2 N–H and O–H groups in total.